The molecule has 0 radical (unpaired) electrons. The van der Waals surface area contributed by atoms with Gasteiger partial charge in [0.15, 0.2) is 0 Å². The summed E-state index contributed by atoms with van der Waals surface area (Å²) >= 11 is 0. The molecule has 2 heterocycles. The Hall–Kier alpha value is -4.00. The molecular formula is C20H13N5O2. The number of hydrogen-bond donors (Lipinski definition) is 3. The Labute approximate surface area is 152 Å². The van der Waals surface area contributed by atoms with E-state index in [9.17, 15) is 9.59 Å². The number of nitrogens with zero attached hydrogens (tertiary/aromatic N) is 2. The van der Waals surface area contributed by atoms with Crippen molar-refractivity contribution in [3.05, 3.63) is 81.4 Å². The molecule has 5 rings (SSSR count). The van der Waals surface area contributed by atoms with Gasteiger partial charge in [-0.25, -0.2) is 9.97 Å². The van der Waals surface area contributed by atoms with Crippen molar-refractivity contribution in [3.8, 4) is 0 Å². The number of H-pyrrole nitrogens is 1. The van der Waals surface area contributed by atoms with Gasteiger partial charge in [0, 0.05) is 28.7 Å². The van der Waals surface area contributed by atoms with Gasteiger partial charge >= 0.3 is 0 Å². The van der Waals surface area contributed by atoms with Gasteiger partial charge in [-0.1, -0.05) is 36.4 Å². The van der Waals surface area contributed by atoms with Crippen molar-refractivity contribution in [2.75, 3.05) is 10.6 Å². The standard InChI is InChI=1S/C20H13N5O2/c26-18-16(23-15-10-21-14-8-4-2-6-12(14)15)17(19(18)27)25-20-22-9-11-5-1-3-7-13(11)24-20/h1-10,21,23H,(H,22,24,25). The first-order valence-electron chi connectivity index (χ1n) is 8.36. The number of anilines is 4. The van der Waals surface area contributed by atoms with Crippen LogP contribution in [0.2, 0.25) is 0 Å². The average molecular weight is 355 g/mol. The third kappa shape index (κ3) is 2.44. The maximum absolute atomic E-state index is 12.1. The minimum absolute atomic E-state index is 0.167. The third-order valence-electron chi connectivity index (χ3n) is 4.49. The topological polar surface area (TPSA) is 99.8 Å². The summed E-state index contributed by atoms with van der Waals surface area (Å²) in [7, 11) is 0. The van der Waals surface area contributed by atoms with Crippen LogP contribution < -0.4 is 21.5 Å². The van der Waals surface area contributed by atoms with Crippen LogP contribution in [-0.4, -0.2) is 15.0 Å². The molecule has 0 saturated carbocycles. The Morgan fingerprint density at radius 1 is 0.852 bits per heavy atom. The SMILES string of the molecule is O=c1c(Nc2ncc3ccccc3n2)c(Nc2c[nH]c3ccccc23)c1=O. The van der Waals surface area contributed by atoms with E-state index in [1.807, 2.05) is 48.5 Å². The summed E-state index contributed by atoms with van der Waals surface area (Å²) in [5.41, 5.74) is 1.63. The van der Waals surface area contributed by atoms with Crippen LogP contribution in [0.5, 0.6) is 0 Å². The molecule has 5 aromatic rings. The molecule has 0 fully saturated rings. The van der Waals surface area contributed by atoms with Crippen molar-refractivity contribution in [3.63, 3.8) is 0 Å². The smallest absolute Gasteiger partial charge is 0.253 e. The highest BCUT2D eigenvalue weighted by molar-refractivity contribution is 5.96. The molecule has 0 spiro atoms. The van der Waals surface area contributed by atoms with Gasteiger partial charge in [-0.15, -0.1) is 0 Å². The second-order valence-corrected chi connectivity index (χ2v) is 6.16. The molecule has 27 heavy (non-hydrogen) atoms. The molecule has 0 saturated heterocycles. The van der Waals surface area contributed by atoms with Crippen LogP contribution in [0.3, 0.4) is 0 Å². The normalized spacial score (nSPS) is 11.3. The first kappa shape index (κ1) is 15.3. The Morgan fingerprint density at radius 2 is 1.59 bits per heavy atom. The fourth-order valence-electron chi connectivity index (χ4n) is 3.08. The van der Waals surface area contributed by atoms with E-state index in [1.54, 1.807) is 12.4 Å². The maximum atomic E-state index is 12.1. The fourth-order valence-corrected chi connectivity index (χ4v) is 3.08. The Morgan fingerprint density at radius 3 is 2.48 bits per heavy atom. The molecule has 0 aliphatic carbocycles. The van der Waals surface area contributed by atoms with E-state index in [1.165, 1.54) is 0 Å². The zero-order valence-electron chi connectivity index (χ0n) is 14.0. The molecule has 7 heteroatoms. The number of para-hydroxylation sites is 2. The van der Waals surface area contributed by atoms with Gasteiger partial charge in [-0.05, 0) is 12.1 Å². The summed E-state index contributed by atoms with van der Waals surface area (Å²) < 4.78 is 0. The molecule has 3 N–H and O–H groups in total. The van der Waals surface area contributed by atoms with Gasteiger partial charge in [-0.2, -0.15) is 0 Å². The molecule has 0 amide bonds. The van der Waals surface area contributed by atoms with E-state index in [0.717, 1.165) is 27.5 Å². The predicted octanol–water partition coefficient (Wildman–Crippen LogP) is 3.19. The largest absolute Gasteiger partial charge is 0.359 e. The first-order valence-corrected chi connectivity index (χ1v) is 8.36. The highest BCUT2D eigenvalue weighted by Crippen LogP contribution is 2.28. The van der Waals surface area contributed by atoms with Crippen LogP contribution in [0, 0.1) is 0 Å². The quantitative estimate of drug-likeness (QED) is 0.428. The van der Waals surface area contributed by atoms with E-state index < -0.39 is 10.9 Å². The summed E-state index contributed by atoms with van der Waals surface area (Å²) in [6.45, 7) is 0. The Bertz CT molecular complexity index is 1380. The molecular weight excluding hydrogens is 342 g/mol. The lowest BCUT2D eigenvalue weighted by Gasteiger charge is -2.13. The highest BCUT2D eigenvalue weighted by Gasteiger charge is 2.22. The minimum atomic E-state index is -0.589. The number of aromatic amines is 1. The van der Waals surface area contributed by atoms with E-state index in [0.29, 0.717) is 0 Å². The van der Waals surface area contributed by atoms with Crippen LogP contribution in [0.1, 0.15) is 0 Å². The van der Waals surface area contributed by atoms with Gasteiger partial charge in [0.05, 0.1) is 11.2 Å². The zero-order chi connectivity index (χ0) is 18.4. The second kappa shape index (κ2) is 5.77. The van der Waals surface area contributed by atoms with Gasteiger partial charge in [0.25, 0.3) is 10.9 Å². The number of benzene rings is 2. The maximum Gasteiger partial charge on any atom is 0.253 e. The number of rotatable bonds is 4. The zero-order valence-corrected chi connectivity index (χ0v) is 14.0. The Balaban J connectivity index is 1.50. The summed E-state index contributed by atoms with van der Waals surface area (Å²) in [6.07, 6.45) is 3.43. The van der Waals surface area contributed by atoms with Crippen LogP contribution in [0.25, 0.3) is 21.8 Å². The lowest BCUT2D eigenvalue weighted by atomic mass is 10.1. The number of hydrogen-bond acceptors (Lipinski definition) is 6. The van der Waals surface area contributed by atoms with Gasteiger partial charge in [0.1, 0.15) is 11.4 Å². The molecule has 7 nitrogen and oxygen atoms in total. The van der Waals surface area contributed by atoms with Crippen LogP contribution >= 0.6 is 0 Å². The summed E-state index contributed by atoms with van der Waals surface area (Å²) in [4.78, 5) is 35.9. The van der Waals surface area contributed by atoms with Gasteiger partial charge < -0.3 is 15.6 Å². The second-order valence-electron chi connectivity index (χ2n) is 6.16. The van der Waals surface area contributed by atoms with Crippen molar-refractivity contribution in [2.45, 2.75) is 0 Å². The van der Waals surface area contributed by atoms with Crippen molar-refractivity contribution < 1.29 is 0 Å². The van der Waals surface area contributed by atoms with E-state index in [4.69, 9.17) is 0 Å². The molecule has 0 unspecified atom stereocenters. The van der Waals surface area contributed by atoms with E-state index in [-0.39, 0.29) is 17.3 Å². The van der Waals surface area contributed by atoms with E-state index >= 15 is 0 Å². The molecule has 130 valence electrons. The van der Waals surface area contributed by atoms with Crippen molar-refractivity contribution in [1.82, 2.24) is 15.0 Å². The van der Waals surface area contributed by atoms with E-state index in [2.05, 4.69) is 25.6 Å². The average Bonchev–Trinajstić information content (AvgIpc) is 3.13. The number of nitrogens with one attached hydrogen (secondary N) is 3. The van der Waals surface area contributed by atoms with Crippen LogP contribution in [0.4, 0.5) is 23.0 Å². The summed E-state index contributed by atoms with van der Waals surface area (Å²) in [5, 5.41) is 7.75. The molecule has 0 aliphatic rings. The summed E-state index contributed by atoms with van der Waals surface area (Å²) in [5.74, 6) is 0.266. The predicted molar refractivity (Wildman–Crippen MR) is 106 cm³/mol. The van der Waals surface area contributed by atoms with Crippen molar-refractivity contribution in [1.29, 1.82) is 0 Å². The first-order chi connectivity index (χ1) is 13.2. The molecule has 0 atom stereocenters. The molecule has 0 aliphatic heterocycles. The number of fused-ring (bicyclic) bond motifs is 2. The van der Waals surface area contributed by atoms with Gasteiger partial charge in [-0.3, -0.25) is 9.59 Å². The molecule has 0 bridgehead atoms. The lowest BCUT2D eigenvalue weighted by molar-refractivity contribution is 1.20. The van der Waals surface area contributed by atoms with Crippen LogP contribution in [0.15, 0.2) is 70.5 Å². The number of aromatic nitrogens is 3. The highest BCUT2D eigenvalue weighted by atomic mass is 16.2. The van der Waals surface area contributed by atoms with Crippen molar-refractivity contribution in [2.24, 2.45) is 0 Å². The molecule has 2 aromatic heterocycles. The monoisotopic (exact) mass is 355 g/mol. The minimum Gasteiger partial charge on any atom is -0.359 e. The lowest BCUT2D eigenvalue weighted by Crippen LogP contribution is -2.36. The van der Waals surface area contributed by atoms with Gasteiger partial charge in [0.2, 0.25) is 5.95 Å². The fraction of sp³-hybridized carbons (Fsp3) is 0. The summed E-state index contributed by atoms with van der Waals surface area (Å²) in [6, 6.07) is 15.2. The van der Waals surface area contributed by atoms with Crippen molar-refractivity contribution >= 4 is 44.8 Å². The third-order valence-corrected chi connectivity index (χ3v) is 4.49. The van der Waals surface area contributed by atoms with Crippen LogP contribution in [-0.2, 0) is 0 Å². The molecule has 3 aromatic carbocycles. The Kier molecular flexibility index (Phi) is 3.26.